The summed E-state index contributed by atoms with van der Waals surface area (Å²) in [4.78, 5) is 0. The number of rotatable bonds is 13. The highest BCUT2D eigenvalue weighted by Crippen LogP contribution is 2.31. The standard InChI is InChI=1S/C23H33F3O3/c1-3-5-6-7-8-18-9-10-20(28-16-18)15-23(25,26)17-29-19-11-12-22(21(24)14-19)27-13-4-2/h4,11-12,14,18,20H,2-3,5-10,13,15-17H2,1H3. The zero-order chi connectivity index (χ0) is 21.1. The number of ether oxygens (including phenoxy) is 3. The molecule has 29 heavy (non-hydrogen) atoms. The second kappa shape index (κ2) is 12.1. The number of halogens is 3. The number of benzene rings is 1. The maximum absolute atomic E-state index is 14.3. The van der Waals surface area contributed by atoms with Gasteiger partial charge < -0.3 is 14.2 Å². The molecule has 1 aliphatic rings. The van der Waals surface area contributed by atoms with Crippen LogP contribution < -0.4 is 9.47 Å². The highest BCUT2D eigenvalue weighted by atomic mass is 19.3. The molecule has 6 heteroatoms. The molecule has 0 radical (unpaired) electrons. The molecule has 2 rings (SSSR count). The third kappa shape index (κ3) is 8.69. The minimum atomic E-state index is -3.03. The number of hydrogen-bond acceptors (Lipinski definition) is 3. The first-order valence-corrected chi connectivity index (χ1v) is 10.6. The van der Waals surface area contributed by atoms with Crippen LogP contribution in [0.2, 0.25) is 0 Å². The molecule has 0 spiro atoms. The van der Waals surface area contributed by atoms with Gasteiger partial charge in [-0.3, -0.25) is 0 Å². The molecule has 1 saturated heterocycles. The number of alkyl halides is 2. The van der Waals surface area contributed by atoms with Gasteiger partial charge in [0.2, 0.25) is 0 Å². The van der Waals surface area contributed by atoms with Crippen molar-refractivity contribution in [2.45, 2.75) is 70.3 Å². The van der Waals surface area contributed by atoms with Crippen molar-refractivity contribution in [3.63, 3.8) is 0 Å². The van der Waals surface area contributed by atoms with E-state index in [1.807, 2.05) is 0 Å². The predicted molar refractivity (Wildman–Crippen MR) is 108 cm³/mol. The Morgan fingerprint density at radius 1 is 1.21 bits per heavy atom. The van der Waals surface area contributed by atoms with Crippen molar-refractivity contribution >= 4 is 0 Å². The SMILES string of the molecule is C=CCOc1ccc(OCC(F)(F)CC2CCC(CCCCCC)CO2)cc1F. The van der Waals surface area contributed by atoms with E-state index in [1.54, 1.807) is 0 Å². The number of unbranched alkanes of at least 4 members (excludes halogenated alkanes) is 3. The van der Waals surface area contributed by atoms with E-state index in [2.05, 4.69) is 13.5 Å². The molecule has 0 saturated carbocycles. The average Bonchev–Trinajstić information content (AvgIpc) is 2.70. The van der Waals surface area contributed by atoms with Crippen molar-refractivity contribution in [2.75, 3.05) is 19.8 Å². The molecule has 0 amide bonds. The predicted octanol–water partition coefficient (Wildman–Crippen LogP) is 6.56. The zero-order valence-electron chi connectivity index (χ0n) is 17.3. The van der Waals surface area contributed by atoms with Gasteiger partial charge in [0.15, 0.2) is 18.2 Å². The molecule has 2 atom stereocenters. The van der Waals surface area contributed by atoms with Crippen LogP contribution in [0.1, 0.15) is 58.3 Å². The lowest BCUT2D eigenvalue weighted by Gasteiger charge is -2.31. The second-order valence-electron chi connectivity index (χ2n) is 7.79. The molecule has 164 valence electrons. The smallest absolute Gasteiger partial charge is 0.283 e. The van der Waals surface area contributed by atoms with Crippen LogP contribution in [-0.4, -0.2) is 31.8 Å². The van der Waals surface area contributed by atoms with E-state index in [9.17, 15) is 13.2 Å². The molecule has 0 aromatic heterocycles. The first-order chi connectivity index (χ1) is 13.9. The summed E-state index contributed by atoms with van der Waals surface area (Å²) in [5.41, 5.74) is 0. The van der Waals surface area contributed by atoms with E-state index in [1.165, 1.54) is 43.9 Å². The highest BCUT2D eigenvalue weighted by molar-refractivity contribution is 5.33. The van der Waals surface area contributed by atoms with E-state index in [-0.39, 0.29) is 24.5 Å². The summed E-state index contributed by atoms with van der Waals surface area (Å²) < 4.78 is 58.4. The van der Waals surface area contributed by atoms with Crippen molar-refractivity contribution in [1.82, 2.24) is 0 Å². The summed E-state index contributed by atoms with van der Waals surface area (Å²) in [6.07, 6.45) is 8.24. The molecule has 1 aliphatic heterocycles. The maximum Gasteiger partial charge on any atom is 0.283 e. The summed E-state index contributed by atoms with van der Waals surface area (Å²) in [5, 5.41) is 0. The van der Waals surface area contributed by atoms with Gasteiger partial charge in [0, 0.05) is 19.1 Å². The van der Waals surface area contributed by atoms with Crippen LogP contribution in [0.25, 0.3) is 0 Å². The van der Waals surface area contributed by atoms with Gasteiger partial charge in [0.05, 0.1) is 6.10 Å². The molecule has 0 aliphatic carbocycles. The van der Waals surface area contributed by atoms with Crippen molar-refractivity contribution in [3.05, 3.63) is 36.7 Å². The maximum atomic E-state index is 14.3. The highest BCUT2D eigenvalue weighted by Gasteiger charge is 2.36. The van der Waals surface area contributed by atoms with Crippen LogP contribution in [0.15, 0.2) is 30.9 Å². The first kappa shape index (κ1) is 23.6. The second-order valence-corrected chi connectivity index (χ2v) is 7.79. The Hall–Kier alpha value is -1.69. The van der Waals surface area contributed by atoms with Crippen molar-refractivity contribution < 1.29 is 27.4 Å². The lowest BCUT2D eigenvalue weighted by molar-refractivity contribution is -0.108. The summed E-state index contributed by atoms with van der Waals surface area (Å²) in [6.45, 7) is 5.59. The molecule has 3 nitrogen and oxygen atoms in total. The lowest BCUT2D eigenvalue weighted by atomic mass is 9.91. The summed E-state index contributed by atoms with van der Waals surface area (Å²) in [5.74, 6) is -3.13. The third-order valence-corrected chi connectivity index (χ3v) is 5.17. The Morgan fingerprint density at radius 2 is 2.03 bits per heavy atom. The summed E-state index contributed by atoms with van der Waals surface area (Å²) in [6, 6.07) is 3.82. The van der Waals surface area contributed by atoms with E-state index in [4.69, 9.17) is 14.2 Å². The van der Waals surface area contributed by atoms with Gasteiger partial charge in [-0.25, -0.2) is 13.2 Å². The van der Waals surface area contributed by atoms with Gasteiger partial charge in [-0.05, 0) is 37.3 Å². The molecular weight excluding hydrogens is 381 g/mol. The fourth-order valence-corrected chi connectivity index (χ4v) is 3.53. The molecule has 1 fully saturated rings. The number of hydrogen-bond donors (Lipinski definition) is 0. The topological polar surface area (TPSA) is 27.7 Å². The fourth-order valence-electron chi connectivity index (χ4n) is 3.53. The van der Waals surface area contributed by atoms with Crippen LogP contribution in [0.4, 0.5) is 13.2 Å². The molecule has 2 unspecified atom stereocenters. The summed E-state index contributed by atoms with van der Waals surface area (Å²) in [7, 11) is 0. The molecule has 0 N–H and O–H groups in total. The van der Waals surface area contributed by atoms with E-state index >= 15 is 0 Å². The van der Waals surface area contributed by atoms with Gasteiger partial charge >= 0.3 is 0 Å². The average molecular weight is 415 g/mol. The molecule has 1 aromatic carbocycles. The minimum absolute atomic E-state index is 0.0314. The molecular formula is C23H33F3O3. The van der Waals surface area contributed by atoms with Crippen LogP contribution in [0, 0.1) is 11.7 Å². The van der Waals surface area contributed by atoms with Gasteiger partial charge in [-0.1, -0.05) is 45.3 Å². The Bertz CT molecular complexity index is 613. The quantitative estimate of drug-likeness (QED) is 0.270. The van der Waals surface area contributed by atoms with E-state index < -0.39 is 24.5 Å². The van der Waals surface area contributed by atoms with Crippen LogP contribution in [-0.2, 0) is 4.74 Å². The Balaban J connectivity index is 1.72. The van der Waals surface area contributed by atoms with Crippen molar-refractivity contribution in [1.29, 1.82) is 0 Å². The largest absolute Gasteiger partial charge is 0.487 e. The van der Waals surface area contributed by atoms with Crippen LogP contribution in [0.5, 0.6) is 11.5 Å². The first-order valence-electron chi connectivity index (χ1n) is 10.6. The van der Waals surface area contributed by atoms with E-state index in [0.717, 1.165) is 18.9 Å². The summed E-state index contributed by atoms with van der Waals surface area (Å²) >= 11 is 0. The molecule has 0 bridgehead atoms. The lowest BCUT2D eigenvalue weighted by Crippen LogP contribution is -2.35. The van der Waals surface area contributed by atoms with E-state index in [0.29, 0.717) is 18.9 Å². The monoisotopic (exact) mass is 414 g/mol. The molecule has 1 heterocycles. The van der Waals surface area contributed by atoms with Gasteiger partial charge in [-0.2, -0.15) is 0 Å². The Kier molecular flexibility index (Phi) is 9.85. The Labute approximate surface area is 172 Å². The van der Waals surface area contributed by atoms with Gasteiger partial charge in [0.1, 0.15) is 12.4 Å². The third-order valence-electron chi connectivity index (χ3n) is 5.17. The normalized spacial score (nSPS) is 19.7. The minimum Gasteiger partial charge on any atom is -0.487 e. The fraction of sp³-hybridized carbons (Fsp3) is 0.652. The van der Waals surface area contributed by atoms with Crippen LogP contribution >= 0.6 is 0 Å². The van der Waals surface area contributed by atoms with Crippen LogP contribution in [0.3, 0.4) is 0 Å². The van der Waals surface area contributed by atoms with Crippen molar-refractivity contribution in [3.8, 4) is 11.5 Å². The van der Waals surface area contributed by atoms with Gasteiger partial charge in [0.25, 0.3) is 5.92 Å². The van der Waals surface area contributed by atoms with Crippen molar-refractivity contribution in [2.24, 2.45) is 5.92 Å². The Morgan fingerprint density at radius 3 is 2.69 bits per heavy atom. The molecule has 1 aromatic rings. The zero-order valence-corrected chi connectivity index (χ0v) is 17.3. The van der Waals surface area contributed by atoms with Gasteiger partial charge in [-0.15, -0.1) is 0 Å².